The third-order valence-electron chi connectivity index (χ3n) is 5.16. The van der Waals surface area contributed by atoms with Crippen LogP contribution >= 0.6 is 0 Å². The number of benzene rings is 3. The Labute approximate surface area is 202 Å². The molecule has 3 aromatic carbocycles. The smallest absolute Gasteiger partial charge is 0.338 e. The Bertz CT molecular complexity index is 1360. The molecule has 10 nitrogen and oxygen atoms in total. The van der Waals surface area contributed by atoms with Crippen molar-refractivity contribution in [3.05, 3.63) is 72.3 Å². The molecular weight excluding hydrogens is 476 g/mol. The predicted octanol–water partition coefficient (Wildman–Crippen LogP) is 3.04. The van der Waals surface area contributed by atoms with E-state index in [0.717, 1.165) is 4.31 Å². The van der Waals surface area contributed by atoms with Crippen LogP contribution in [0, 0.1) is 0 Å². The molecule has 1 aliphatic rings. The number of para-hydroxylation sites is 2. The first-order valence-electron chi connectivity index (χ1n) is 10.4. The molecule has 0 atom stereocenters. The van der Waals surface area contributed by atoms with Gasteiger partial charge < -0.3 is 24.3 Å². The fourth-order valence-electron chi connectivity index (χ4n) is 3.33. The van der Waals surface area contributed by atoms with Crippen LogP contribution in [0.15, 0.2) is 71.6 Å². The number of amides is 1. The highest BCUT2D eigenvalue weighted by molar-refractivity contribution is 7.92. The number of methoxy groups -OCH3 is 1. The average Bonchev–Trinajstić information content (AvgIpc) is 3.34. The summed E-state index contributed by atoms with van der Waals surface area (Å²) in [5.74, 6) is 0.167. The maximum Gasteiger partial charge on any atom is 0.338 e. The molecule has 1 amide bonds. The molecular formula is C24H22N2O8S. The van der Waals surface area contributed by atoms with E-state index in [9.17, 15) is 18.0 Å². The number of sulfonamides is 1. The molecule has 0 saturated heterocycles. The molecule has 0 unspecified atom stereocenters. The zero-order valence-electron chi connectivity index (χ0n) is 18.9. The van der Waals surface area contributed by atoms with Gasteiger partial charge in [0.25, 0.3) is 15.9 Å². The Hall–Kier alpha value is -4.25. The normalized spacial score (nSPS) is 12.1. The van der Waals surface area contributed by atoms with E-state index < -0.39 is 28.5 Å². The fourth-order valence-corrected chi connectivity index (χ4v) is 4.53. The number of hydrogen-bond acceptors (Lipinski definition) is 8. The first-order chi connectivity index (χ1) is 16.8. The van der Waals surface area contributed by atoms with Gasteiger partial charge in [-0.3, -0.25) is 9.10 Å². The summed E-state index contributed by atoms with van der Waals surface area (Å²) in [5.41, 5.74) is 0.927. The van der Waals surface area contributed by atoms with Crippen LogP contribution in [0.4, 0.5) is 11.4 Å². The highest BCUT2D eigenvalue weighted by Crippen LogP contribution is 2.34. The van der Waals surface area contributed by atoms with Gasteiger partial charge >= 0.3 is 5.97 Å². The largest absolute Gasteiger partial charge is 0.495 e. The molecule has 0 saturated carbocycles. The van der Waals surface area contributed by atoms with E-state index in [2.05, 4.69) is 5.32 Å². The zero-order chi connectivity index (χ0) is 25.0. The van der Waals surface area contributed by atoms with Gasteiger partial charge in [-0.15, -0.1) is 0 Å². The third-order valence-corrected chi connectivity index (χ3v) is 6.95. The van der Waals surface area contributed by atoms with Crippen LogP contribution in [0.5, 0.6) is 17.2 Å². The molecule has 0 aromatic heterocycles. The molecule has 4 rings (SSSR count). The molecule has 0 fully saturated rings. The highest BCUT2D eigenvalue weighted by atomic mass is 32.2. The Kier molecular flexibility index (Phi) is 6.78. The lowest BCUT2D eigenvalue weighted by molar-refractivity contribution is -0.119. The van der Waals surface area contributed by atoms with Crippen molar-refractivity contribution in [1.29, 1.82) is 0 Å². The second-order valence-corrected chi connectivity index (χ2v) is 9.33. The van der Waals surface area contributed by atoms with Crippen molar-refractivity contribution < 1.29 is 37.0 Å². The number of fused-ring (bicyclic) bond motifs is 1. The first-order valence-corrected chi connectivity index (χ1v) is 11.8. The Morgan fingerprint density at radius 3 is 2.46 bits per heavy atom. The van der Waals surface area contributed by atoms with Gasteiger partial charge in [0, 0.05) is 18.8 Å². The number of hydrogen-bond donors (Lipinski definition) is 1. The van der Waals surface area contributed by atoms with Crippen molar-refractivity contribution in [3.63, 3.8) is 0 Å². The summed E-state index contributed by atoms with van der Waals surface area (Å²) in [6.07, 6.45) is 0. The van der Waals surface area contributed by atoms with Crippen molar-refractivity contribution in [3.8, 4) is 17.2 Å². The standard InChI is InChI=1S/C24H22N2O8S/c1-26(19-5-3-4-6-20(19)31-2)35(29,30)18-10-7-16(8-11-18)24(28)32-14-23(27)25-17-9-12-21-22(13-17)34-15-33-21/h3-13H,14-15H2,1-2H3,(H,25,27). The zero-order valence-corrected chi connectivity index (χ0v) is 19.7. The van der Waals surface area contributed by atoms with Crippen LogP contribution in [-0.4, -0.2) is 47.9 Å². The van der Waals surface area contributed by atoms with Crippen LogP contribution < -0.4 is 23.8 Å². The van der Waals surface area contributed by atoms with E-state index in [1.165, 1.54) is 38.4 Å². The summed E-state index contributed by atoms with van der Waals surface area (Å²) in [6.45, 7) is -0.412. The Balaban J connectivity index is 1.37. The molecule has 0 radical (unpaired) electrons. The van der Waals surface area contributed by atoms with Gasteiger partial charge in [-0.05, 0) is 48.5 Å². The molecule has 1 aliphatic heterocycles. The number of rotatable bonds is 8. The summed E-state index contributed by atoms with van der Waals surface area (Å²) >= 11 is 0. The summed E-state index contributed by atoms with van der Waals surface area (Å²) in [7, 11) is -1.05. The molecule has 1 N–H and O–H groups in total. The number of esters is 1. The van der Waals surface area contributed by atoms with Crippen LogP contribution in [0.3, 0.4) is 0 Å². The van der Waals surface area contributed by atoms with Crippen LogP contribution in [0.1, 0.15) is 10.4 Å². The van der Waals surface area contributed by atoms with E-state index in [1.807, 2.05) is 0 Å². The van der Waals surface area contributed by atoms with Gasteiger partial charge in [0.15, 0.2) is 18.1 Å². The summed E-state index contributed by atoms with van der Waals surface area (Å²) < 4.78 is 47.9. The minimum atomic E-state index is -3.91. The second-order valence-electron chi connectivity index (χ2n) is 7.36. The molecule has 0 bridgehead atoms. The molecule has 0 spiro atoms. The number of nitrogens with one attached hydrogen (secondary N) is 1. The Morgan fingerprint density at radius 1 is 1.00 bits per heavy atom. The van der Waals surface area contributed by atoms with Gasteiger partial charge in [-0.25, -0.2) is 13.2 Å². The number of carbonyl (C=O) groups is 2. The number of ether oxygens (including phenoxy) is 4. The predicted molar refractivity (Wildman–Crippen MR) is 127 cm³/mol. The lowest BCUT2D eigenvalue weighted by Gasteiger charge is -2.21. The number of anilines is 2. The van der Waals surface area contributed by atoms with E-state index in [1.54, 1.807) is 42.5 Å². The molecule has 11 heteroatoms. The topological polar surface area (TPSA) is 120 Å². The van der Waals surface area contributed by atoms with Crippen molar-refractivity contribution >= 4 is 33.3 Å². The summed E-state index contributed by atoms with van der Waals surface area (Å²) in [4.78, 5) is 24.5. The van der Waals surface area contributed by atoms with E-state index in [-0.39, 0.29) is 17.3 Å². The fraction of sp³-hybridized carbons (Fsp3) is 0.167. The van der Waals surface area contributed by atoms with E-state index >= 15 is 0 Å². The van der Waals surface area contributed by atoms with Gasteiger partial charge in [-0.2, -0.15) is 0 Å². The molecule has 1 heterocycles. The van der Waals surface area contributed by atoms with E-state index in [0.29, 0.717) is 28.6 Å². The van der Waals surface area contributed by atoms with E-state index in [4.69, 9.17) is 18.9 Å². The highest BCUT2D eigenvalue weighted by Gasteiger charge is 2.24. The van der Waals surface area contributed by atoms with Crippen LogP contribution in [0.2, 0.25) is 0 Å². The molecule has 0 aliphatic carbocycles. The first kappa shape index (κ1) is 23.9. The Morgan fingerprint density at radius 2 is 1.71 bits per heavy atom. The van der Waals surface area contributed by atoms with Gasteiger partial charge in [0.2, 0.25) is 6.79 Å². The molecule has 35 heavy (non-hydrogen) atoms. The van der Waals surface area contributed by atoms with Gasteiger partial charge in [0.1, 0.15) is 5.75 Å². The minimum Gasteiger partial charge on any atom is -0.495 e. The van der Waals surface area contributed by atoms with Gasteiger partial charge in [0.05, 0.1) is 23.3 Å². The summed E-state index contributed by atoms with van der Waals surface area (Å²) in [5, 5.41) is 2.60. The monoisotopic (exact) mass is 498 g/mol. The van der Waals surface area contributed by atoms with Crippen LogP contribution in [0.25, 0.3) is 0 Å². The third kappa shape index (κ3) is 5.14. The van der Waals surface area contributed by atoms with Crippen LogP contribution in [-0.2, 0) is 19.6 Å². The van der Waals surface area contributed by atoms with Crippen molar-refractivity contribution in [2.45, 2.75) is 4.90 Å². The van der Waals surface area contributed by atoms with Crippen molar-refractivity contribution in [1.82, 2.24) is 0 Å². The second kappa shape index (κ2) is 9.94. The van der Waals surface area contributed by atoms with Crippen molar-refractivity contribution in [2.24, 2.45) is 0 Å². The quantitative estimate of drug-likeness (QED) is 0.471. The minimum absolute atomic E-state index is 0.0250. The van der Waals surface area contributed by atoms with Crippen molar-refractivity contribution in [2.75, 3.05) is 37.2 Å². The number of nitrogens with zero attached hydrogens (tertiary/aromatic N) is 1. The number of carbonyl (C=O) groups excluding carboxylic acids is 2. The maximum absolute atomic E-state index is 13.0. The molecule has 182 valence electrons. The summed E-state index contributed by atoms with van der Waals surface area (Å²) in [6, 6.07) is 16.8. The lowest BCUT2D eigenvalue weighted by atomic mass is 10.2. The molecule has 3 aromatic rings. The average molecular weight is 499 g/mol. The SMILES string of the molecule is COc1ccccc1N(C)S(=O)(=O)c1ccc(C(=O)OCC(=O)Nc2ccc3c(c2)OCO3)cc1. The maximum atomic E-state index is 13.0. The van der Waals surface area contributed by atoms with Gasteiger partial charge in [-0.1, -0.05) is 12.1 Å². The lowest BCUT2D eigenvalue weighted by Crippen LogP contribution is -2.27.